The van der Waals surface area contributed by atoms with Gasteiger partial charge in [0.15, 0.2) is 0 Å². The van der Waals surface area contributed by atoms with Crippen molar-refractivity contribution in [2.45, 2.75) is 45.1 Å². The van der Waals surface area contributed by atoms with Crippen LogP contribution in [0.2, 0.25) is 0 Å². The van der Waals surface area contributed by atoms with Gasteiger partial charge in [0.05, 0.1) is 13.0 Å². The summed E-state index contributed by atoms with van der Waals surface area (Å²) in [5.74, 6) is 0.0107. The summed E-state index contributed by atoms with van der Waals surface area (Å²) in [5.41, 5.74) is 0. The summed E-state index contributed by atoms with van der Waals surface area (Å²) >= 11 is 0. The molecule has 1 fully saturated rings. The first-order chi connectivity index (χ1) is 7.17. The van der Waals surface area contributed by atoms with Gasteiger partial charge in [-0.2, -0.15) is 0 Å². The second kappa shape index (κ2) is 5.73. The second-order valence-electron chi connectivity index (χ2n) is 3.99. The van der Waals surface area contributed by atoms with Gasteiger partial charge >= 0.3 is 5.97 Å². The maximum atomic E-state index is 11.2. The number of nitrogens with one attached hydrogen (secondary N) is 1. The van der Waals surface area contributed by atoms with Crippen molar-refractivity contribution in [3.05, 3.63) is 0 Å². The summed E-state index contributed by atoms with van der Waals surface area (Å²) in [7, 11) is 1.42. The molecule has 0 heterocycles. The van der Waals surface area contributed by atoms with E-state index in [9.17, 15) is 9.59 Å². The van der Waals surface area contributed by atoms with Gasteiger partial charge in [-0.15, -0.1) is 0 Å². The van der Waals surface area contributed by atoms with E-state index in [4.69, 9.17) is 4.74 Å². The Morgan fingerprint density at radius 3 is 2.33 bits per heavy atom. The molecule has 0 aromatic heterocycles. The van der Waals surface area contributed by atoms with Crippen LogP contribution in [-0.2, 0) is 14.3 Å². The van der Waals surface area contributed by atoms with Crippen molar-refractivity contribution in [1.82, 2.24) is 5.32 Å². The highest BCUT2D eigenvalue weighted by molar-refractivity contribution is 5.76. The highest BCUT2D eigenvalue weighted by Gasteiger charge is 2.27. The zero-order valence-corrected chi connectivity index (χ0v) is 9.41. The fourth-order valence-electron chi connectivity index (χ4n) is 1.97. The summed E-state index contributed by atoms with van der Waals surface area (Å²) in [6, 6.07) is 0.248. The average molecular weight is 213 g/mol. The molecule has 4 heteroatoms. The Morgan fingerprint density at radius 1 is 1.27 bits per heavy atom. The molecule has 86 valence electrons. The molecule has 0 saturated heterocycles. The van der Waals surface area contributed by atoms with E-state index in [0.717, 1.165) is 25.7 Å². The first-order valence-corrected chi connectivity index (χ1v) is 5.54. The minimum atomic E-state index is -0.115. The number of hydrogen-bond donors (Lipinski definition) is 1. The predicted molar refractivity (Wildman–Crippen MR) is 56.2 cm³/mol. The van der Waals surface area contributed by atoms with Crippen molar-refractivity contribution in [2.24, 2.45) is 5.92 Å². The third kappa shape index (κ3) is 3.53. The first-order valence-electron chi connectivity index (χ1n) is 5.54. The minimum Gasteiger partial charge on any atom is -0.469 e. The first kappa shape index (κ1) is 12.0. The van der Waals surface area contributed by atoms with E-state index in [1.807, 2.05) is 6.92 Å². The Kier molecular flexibility index (Phi) is 4.59. The monoisotopic (exact) mass is 213 g/mol. The molecule has 0 radical (unpaired) electrons. The number of methoxy groups -OCH3 is 1. The standard InChI is InChI=1S/C11H19NO3/c1-3-10(13)12-9-6-4-8(5-7-9)11(14)15-2/h8-9H,3-7H2,1-2H3,(H,12,13). The molecule has 0 bridgehead atoms. The third-order valence-electron chi connectivity index (χ3n) is 2.95. The molecule has 0 aliphatic heterocycles. The summed E-state index contributed by atoms with van der Waals surface area (Å²) < 4.78 is 4.70. The van der Waals surface area contributed by atoms with Gasteiger partial charge in [0.2, 0.25) is 5.91 Å². The zero-order valence-electron chi connectivity index (χ0n) is 9.41. The molecule has 1 N–H and O–H groups in total. The maximum absolute atomic E-state index is 11.2. The fourth-order valence-corrected chi connectivity index (χ4v) is 1.97. The maximum Gasteiger partial charge on any atom is 0.308 e. The number of carbonyl (C=O) groups is 2. The molecular weight excluding hydrogens is 194 g/mol. The van der Waals surface area contributed by atoms with Crippen LogP contribution in [0.15, 0.2) is 0 Å². The summed E-state index contributed by atoms with van der Waals surface area (Å²) in [6.07, 6.45) is 3.93. The molecule has 0 spiro atoms. The van der Waals surface area contributed by atoms with Crippen molar-refractivity contribution in [1.29, 1.82) is 0 Å². The van der Waals surface area contributed by atoms with Crippen LogP contribution in [0.5, 0.6) is 0 Å². The van der Waals surface area contributed by atoms with Gasteiger partial charge in [-0.05, 0) is 25.7 Å². The summed E-state index contributed by atoms with van der Waals surface area (Å²) in [6.45, 7) is 1.84. The molecule has 0 unspecified atom stereocenters. The van der Waals surface area contributed by atoms with Crippen LogP contribution >= 0.6 is 0 Å². The van der Waals surface area contributed by atoms with Gasteiger partial charge in [0.1, 0.15) is 0 Å². The third-order valence-corrected chi connectivity index (χ3v) is 2.95. The van der Waals surface area contributed by atoms with E-state index in [1.54, 1.807) is 0 Å². The van der Waals surface area contributed by atoms with Crippen LogP contribution in [0.1, 0.15) is 39.0 Å². The van der Waals surface area contributed by atoms with Crippen LogP contribution in [0, 0.1) is 5.92 Å². The van der Waals surface area contributed by atoms with Crippen molar-refractivity contribution < 1.29 is 14.3 Å². The lowest BCUT2D eigenvalue weighted by Crippen LogP contribution is -2.38. The van der Waals surface area contributed by atoms with E-state index in [0.29, 0.717) is 6.42 Å². The summed E-state index contributed by atoms with van der Waals surface area (Å²) in [4.78, 5) is 22.4. The SMILES string of the molecule is CCC(=O)NC1CCC(C(=O)OC)CC1. The molecule has 0 aromatic rings. The summed E-state index contributed by atoms with van der Waals surface area (Å²) in [5, 5.41) is 2.95. The number of hydrogen-bond acceptors (Lipinski definition) is 3. The second-order valence-corrected chi connectivity index (χ2v) is 3.99. The van der Waals surface area contributed by atoms with Crippen LogP contribution in [0.4, 0.5) is 0 Å². The molecule has 1 rings (SSSR count). The van der Waals surface area contributed by atoms with Gasteiger partial charge in [-0.1, -0.05) is 6.92 Å². The molecule has 1 amide bonds. The van der Waals surface area contributed by atoms with Gasteiger partial charge in [-0.3, -0.25) is 9.59 Å². The number of carbonyl (C=O) groups excluding carboxylic acids is 2. The Balaban J connectivity index is 2.29. The Labute approximate surface area is 90.4 Å². The smallest absolute Gasteiger partial charge is 0.308 e. The van der Waals surface area contributed by atoms with E-state index >= 15 is 0 Å². The Hall–Kier alpha value is -1.06. The number of ether oxygens (including phenoxy) is 1. The van der Waals surface area contributed by atoms with Crippen molar-refractivity contribution in [3.63, 3.8) is 0 Å². The van der Waals surface area contributed by atoms with Gasteiger partial charge in [0, 0.05) is 12.5 Å². The average Bonchev–Trinajstić information content (AvgIpc) is 2.29. The van der Waals surface area contributed by atoms with Gasteiger partial charge in [-0.25, -0.2) is 0 Å². The topological polar surface area (TPSA) is 55.4 Å². The quantitative estimate of drug-likeness (QED) is 0.718. The molecule has 15 heavy (non-hydrogen) atoms. The molecule has 1 aliphatic rings. The van der Waals surface area contributed by atoms with Crippen molar-refractivity contribution >= 4 is 11.9 Å². The molecule has 1 aliphatic carbocycles. The lowest BCUT2D eigenvalue weighted by Gasteiger charge is -2.27. The molecule has 0 atom stereocenters. The number of esters is 1. The van der Waals surface area contributed by atoms with Crippen molar-refractivity contribution in [2.75, 3.05) is 7.11 Å². The Bertz CT molecular complexity index is 232. The van der Waals surface area contributed by atoms with E-state index in [2.05, 4.69) is 5.32 Å². The molecule has 1 saturated carbocycles. The predicted octanol–water partition coefficient (Wildman–Crippen LogP) is 1.24. The molecule has 0 aromatic carbocycles. The molecular formula is C11H19NO3. The highest BCUT2D eigenvalue weighted by atomic mass is 16.5. The van der Waals surface area contributed by atoms with E-state index in [-0.39, 0.29) is 23.8 Å². The van der Waals surface area contributed by atoms with E-state index in [1.165, 1.54) is 7.11 Å². The number of amides is 1. The van der Waals surface area contributed by atoms with E-state index < -0.39 is 0 Å². The zero-order chi connectivity index (χ0) is 11.3. The Morgan fingerprint density at radius 2 is 1.87 bits per heavy atom. The van der Waals surface area contributed by atoms with Crippen LogP contribution < -0.4 is 5.32 Å². The molecule has 4 nitrogen and oxygen atoms in total. The minimum absolute atomic E-state index is 0.0322. The highest BCUT2D eigenvalue weighted by Crippen LogP contribution is 2.25. The van der Waals surface area contributed by atoms with Gasteiger partial charge in [0.25, 0.3) is 0 Å². The van der Waals surface area contributed by atoms with Crippen LogP contribution in [-0.4, -0.2) is 25.0 Å². The van der Waals surface area contributed by atoms with Gasteiger partial charge < -0.3 is 10.1 Å². The fraction of sp³-hybridized carbons (Fsp3) is 0.818. The lowest BCUT2D eigenvalue weighted by molar-refractivity contribution is -0.146. The van der Waals surface area contributed by atoms with Crippen LogP contribution in [0.25, 0.3) is 0 Å². The van der Waals surface area contributed by atoms with Crippen LogP contribution in [0.3, 0.4) is 0 Å². The van der Waals surface area contributed by atoms with Crippen molar-refractivity contribution in [3.8, 4) is 0 Å². The largest absolute Gasteiger partial charge is 0.469 e. The normalized spacial score (nSPS) is 25.7. The lowest BCUT2D eigenvalue weighted by atomic mass is 9.86. The number of rotatable bonds is 3.